The molecule has 1 aliphatic carbocycles. The molecule has 36 heavy (non-hydrogen) atoms. The maximum Gasteiger partial charge on any atom is 0.326 e. The van der Waals surface area contributed by atoms with Crippen LogP contribution in [-0.2, 0) is 16.0 Å². The summed E-state index contributed by atoms with van der Waals surface area (Å²) in [6.45, 7) is 1.61. The van der Waals surface area contributed by atoms with E-state index in [1.807, 2.05) is 0 Å². The molecule has 2 amide bonds. The molecule has 3 atom stereocenters. The summed E-state index contributed by atoms with van der Waals surface area (Å²) in [5, 5.41) is 21.9. The van der Waals surface area contributed by atoms with Crippen molar-refractivity contribution in [3.05, 3.63) is 63.6 Å². The van der Waals surface area contributed by atoms with E-state index < -0.39 is 17.9 Å². The lowest BCUT2D eigenvalue weighted by Gasteiger charge is -2.17. The highest BCUT2D eigenvalue weighted by atomic mass is 35.5. The number of carbonyl (C=O) groups is 3. The quantitative estimate of drug-likeness (QED) is 0.355. The van der Waals surface area contributed by atoms with Crippen LogP contribution in [-0.4, -0.2) is 54.0 Å². The summed E-state index contributed by atoms with van der Waals surface area (Å²) in [6, 6.07) is 10.5. The average Bonchev–Trinajstić information content (AvgIpc) is 3.52. The number of anilines is 1. The van der Waals surface area contributed by atoms with Gasteiger partial charge in [0.2, 0.25) is 5.91 Å². The van der Waals surface area contributed by atoms with Crippen LogP contribution in [0.3, 0.4) is 0 Å². The summed E-state index contributed by atoms with van der Waals surface area (Å²) in [7, 11) is 0. The van der Waals surface area contributed by atoms with Crippen LogP contribution in [0.4, 0.5) is 5.69 Å². The first-order valence-corrected chi connectivity index (χ1v) is 12.5. The van der Waals surface area contributed by atoms with Crippen molar-refractivity contribution in [1.29, 1.82) is 0 Å². The topological polar surface area (TPSA) is 132 Å². The van der Waals surface area contributed by atoms with Gasteiger partial charge in [-0.2, -0.15) is 0 Å². The van der Waals surface area contributed by atoms with Crippen LogP contribution in [0.1, 0.15) is 35.2 Å². The molecule has 9 nitrogen and oxygen atoms in total. The number of nitrogens with one attached hydrogen (secondary N) is 4. The first kappa shape index (κ1) is 25.8. The zero-order chi connectivity index (χ0) is 25.7. The second-order valence-corrected chi connectivity index (χ2v) is 9.67. The minimum Gasteiger partial charge on any atom is -0.480 e. The fraction of sp³-hybridized carbons (Fsp3) is 0.360. The molecular formula is C25H27Cl2N5O4. The van der Waals surface area contributed by atoms with Crippen LogP contribution in [0.25, 0.3) is 0 Å². The van der Waals surface area contributed by atoms with Gasteiger partial charge in [-0.15, -0.1) is 0 Å². The molecule has 1 saturated carbocycles. The second-order valence-electron chi connectivity index (χ2n) is 8.86. The Balaban J connectivity index is 1.31. The van der Waals surface area contributed by atoms with Crippen LogP contribution < -0.4 is 21.3 Å². The van der Waals surface area contributed by atoms with E-state index in [4.69, 9.17) is 23.2 Å². The van der Waals surface area contributed by atoms with Gasteiger partial charge in [-0.3, -0.25) is 14.6 Å². The van der Waals surface area contributed by atoms with E-state index in [9.17, 15) is 19.5 Å². The summed E-state index contributed by atoms with van der Waals surface area (Å²) in [4.78, 5) is 41.5. The van der Waals surface area contributed by atoms with E-state index in [-0.39, 0.29) is 39.9 Å². The molecule has 190 valence electrons. The third-order valence-corrected chi connectivity index (χ3v) is 6.90. The van der Waals surface area contributed by atoms with Gasteiger partial charge >= 0.3 is 5.97 Å². The number of aliphatic imine (C=N–C) groups is 1. The molecule has 5 N–H and O–H groups in total. The molecule has 0 bridgehead atoms. The van der Waals surface area contributed by atoms with Crippen molar-refractivity contribution in [2.75, 3.05) is 18.4 Å². The molecule has 0 radical (unpaired) electrons. The monoisotopic (exact) mass is 531 g/mol. The average molecular weight is 532 g/mol. The third kappa shape index (κ3) is 6.47. The highest BCUT2D eigenvalue weighted by Gasteiger charge is 2.31. The molecule has 0 saturated heterocycles. The largest absolute Gasteiger partial charge is 0.480 e. The van der Waals surface area contributed by atoms with Gasteiger partial charge in [0.25, 0.3) is 5.91 Å². The second kappa shape index (κ2) is 11.6. The van der Waals surface area contributed by atoms with Crippen LogP contribution in [0, 0.1) is 5.92 Å². The Morgan fingerprint density at radius 1 is 1.08 bits per heavy atom. The number of nitrogens with zero attached hydrogens (tertiary/aromatic N) is 1. The maximum absolute atomic E-state index is 12.7. The van der Waals surface area contributed by atoms with Crippen LogP contribution in [0.5, 0.6) is 0 Å². The Bertz CT molecular complexity index is 1150. The first-order valence-electron chi connectivity index (χ1n) is 11.7. The van der Waals surface area contributed by atoms with Crippen molar-refractivity contribution in [2.24, 2.45) is 10.9 Å². The van der Waals surface area contributed by atoms with Gasteiger partial charge in [-0.25, -0.2) is 4.79 Å². The number of carbonyl (C=O) groups excluding carboxylic acids is 2. The lowest BCUT2D eigenvalue weighted by Crippen LogP contribution is -2.42. The molecule has 2 aromatic carbocycles. The lowest BCUT2D eigenvalue weighted by molar-refractivity contribution is -0.139. The van der Waals surface area contributed by atoms with Gasteiger partial charge in [0.05, 0.1) is 22.2 Å². The number of carboxylic acids is 1. The standard InChI is InChI=1S/C25H27Cl2N5O4/c26-18-2-1-3-19(27)21(18)23(34)32-20(24(35)36)12-14-4-7-16(8-5-14)30-22(33)15-6-9-17(13-15)31-25-28-10-11-29-25/h1-5,7-8,15,17,20H,6,9-13H2,(H,30,33)(H,32,34)(H,35,36)(H2,28,29,31)/t15-,17+,20+/m1/s1. The normalized spacial score (nSPS) is 19.7. The summed E-state index contributed by atoms with van der Waals surface area (Å²) in [5.41, 5.74) is 1.34. The van der Waals surface area contributed by atoms with Crippen LogP contribution in [0.15, 0.2) is 47.5 Å². The third-order valence-electron chi connectivity index (χ3n) is 6.27. The van der Waals surface area contributed by atoms with Crippen LogP contribution >= 0.6 is 23.2 Å². The van der Waals surface area contributed by atoms with E-state index in [1.54, 1.807) is 30.3 Å². The lowest BCUT2D eigenvalue weighted by atomic mass is 10.0. The Kier molecular flexibility index (Phi) is 8.32. The highest BCUT2D eigenvalue weighted by molar-refractivity contribution is 6.39. The molecule has 0 spiro atoms. The number of rotatable bonds is 8. The molecule has 4 rings (SSSR count). The minimum atomic E-state index is -1.19. The van der Waals surface area contributed by atoms with Crippen molar-refractivity contribution < 1.29 is 19.5 Å². The molecule has 11 heteroatoms. The Labute approximate surface area is 218 Å². The molecular weight excluding hydrogens is 505 g/mol. The van der Waals surface area contributed by atoms with Gasteiger partial charge in [0.15, 0.2) is 5.96 Å². The zero-order valence-electron chi connectivity index (χ0n) is 19.4. The van der Waals surface area contributed by atoms with E-state index in [1.165, 1.54) is 12.1 Å². The molecule has 2 aliphatic rings. The molecule has 1 heterocycles. The summed E-state index contributed by atoms with van der Waals surface area (Å²) >= 11 is 12.1. The molecule has 0 aromatic heterocycles. The van der Waals surface area contributed by atoms with Gasteiger partial charge in [-0.1, -0.05) is 41.4 Å². The van der Waals surface area contributed by atoms with Crippen molar-refractivity contribution in [1.82, 2.24) is 16.0 Å². The number of carboxylic acid groups (broad SMARTS) is 1. The Morgan fingerprint density at radius 3 is 2.44 bits per heavy atom. The molecule has 1 fully saturated rings. The number of benzene rings is 2. The molecule has 2 aromatic rings. The Morgan fingerprint density at radius 2 is 1.81 bits per heavy atom. The van der Waals surface area contributed by atoms with Crippen LogP contribution in [0.2, 0.25) is 10.0 Å². The summed E-state index contributed by atoms with van der Waals surface area (Å²) < 4.78 is 0. The maximum atomic E-state index is 12.7. The number of hydrogen-bond donors (Lipinski definition) is 5. The van der Waals surface area contributed by atoms with Crippen molar-refractivity contribution in [3.63, 3.8) is 0 Å². The number of aliphatic carboxylic acids is 1. The molecule has 0 unspecified atom stereocenters. The van der Waals surface area contributed by atoms with E-state index in [0.717, 1.165) is 38.3 Å². The van der Waals surface area contributed by atoms with E-state index in [0.29, 0.717) is 11.3 Å². The fourth-order valence-electron chi connectivity index (χ4n) is 4.39. The highest BCUT2D eigenvalue weighted by Crippen LogP contribution is 2.27. The van der Waals surface area contributed by atoms with Gasteiger partial charge < -0.3 is 26.4 Å². The van der Waals surface area contributed by atoms with E-state index in [2.05, 4.69) is 26.3 Å². The van der Waals surface area contributed by atoms with Gasteiger partial charge in [0, 0.05) is 30.6 Å². The van der Waals surface area contributed by atoms with Crippen molar-refractivity contribution >= 4 is 52.6 Å². The van der Waals surface area contributed by atoms with Crippen molar-refractivity contribution in [2.45, 2.75) is 37.8 Å². The SMILES string of the molecule is O=C(N[C@@H](Cc1ccc(NC(=O)[C@@H]2CC[C@H](NC3=NCCN3)C2)cc1)C(=O)O)c1c(Cl)cccc1Cl. The smallest absolute Gasteiger partial charge is 0.326 e. The fourth-order valence-corrected chi connectivity index (χ4v) is 4.96. The molecule has 1 aliphatic heterocycles. The zero-order valence-corrected chi connectivity index (χ0v) is 20.9. The number of hydrogen-bond acceptors (Lipinski definition) is 6. The summed E-state index contributed by atoms with van der Waals surface area (Å²) in [6.07, 6.45) is 2.48. The summed E-state index contributed by atoms with van der Waals surface area (Å²) in [5.74, 6) is -1.18. The number of guanidine groups is 1. The van der Waals surface area contributed by atoms with Crippen molar-refractivity contribution in [3.8, 4) is 0 Å². The number of amides is 2. The van der Waals surface area contributed by atoms with Gasteiger partial charge in [-0.05, 0) is 49.1 Å². The first-order chi connectivity index (χ1) is 17.3. The number of halogens is 2. The predicted octanol–water partition coefficient (Wildman–Crippen LogP) is 3.08. The minimum absolute atomic E-state index is 0.0296. The predicted molar refractivity (Wildman–Crippen MR) is 139 cm³/mol. The Hall–Kier alpha value is -3.30. The van der Waals surface area contributed by atoms with E-state index >= 15 is 0 Å². The van der Waals surface area contributed by atoms with Gasteiger partial charge in [0.1, 0.15) is 6.04 Å².